The third-order valence-electron chi connectivity index (χ3n) is 6.57. The quantitative estimate of drug-likeness (QED) is 0.699. The Balaban J connectivity index is 1.83. The molecule has 0 bridgehead atoms. The average Bonchev–Trinajstić information content (AvgIpc) is 2.69. The second kappa shape index (κ2) is 9.82. The number of β-amino-alcohol motifs (C(OH)–C–C–N with tert-alkyl or cyclic N) is 1. The number of carbonyl (C=O) groups is 1. The van der Waals surface area contributed by atoms with Crippen molar-refractivity contribution >= 4 is 11.7 Å². The normalized spacial score (nSPS) is 22.3. The molecule has 2 aliphatic rings. The van der Waals surface area contributed by atoms with Gasteiger partial charge >= 0.3 is 5.97 Å². The molecule has 1 aliphatic carbocycles. The fraction of sp³-hybridized carbons (Fsp3) is 0.625. The number of hydrogen-bond acceptors (Lipinski definition) is 5. The molecule has 1 heterocycles. The maximum Gasteiger partial charge on any atom is 0.336 e. The van der Waals surface area contributed by atoms with Gasteiger partial charge in [-0.05, 0) is 71.3 Å². The lowest BCUT2D eigenvalue weighted by Crippen LogP contribution is -2.50. The molecule has 2 N–H and O–H groups in total. The van der Waals surface area contributed by atoms with Crippen molar-refractivity contribution in [3.05, 3.63) is 28.8 Å². The molecule has 30 heavy (non-hydrogen) atoms. The van der Waals surface area contributed by atoms with E-state index < -0.39 is 5.97 Å². The third kappa shape index (κ3) is 5.15. The number of anilines is 1. The Morgan fingerprint density at radius 1 is 1.17 bits per heavy atom. The van der Waals surface area contributed by atoms with E-state index in [2.05, 4.69) is 53.6 Å². The lowest BCUT2D eigenvalue weighted by atomic mass is 9.88. The van der Waals surface area contributed by atoms with Crippen LogP contribution in [0.5, 0.6) is 0 Å². The molecule has 6 heteroatoms. The van der Waals surface area contributed by atoms with Gasteiger partial charge in [-0.25, -0.2) is 4.79 Å². The highest BCUT2D eigenvalue weighted by atomic mass is 16.4. The van der Waals surface area contributed by atoms with E-state index in [1.807, 2.05) is 6.92 Å². The van der Waals surface area contributed by atoms with E-state index in [0.29, 0.717) is 37.3 Å². The zero-order valence-electron chi connectivity index (χ0n) is 18.7. The van der Waals surface area contributed by atoms with Gasteiger partial charge in [0.1, 0.15) is 0 Å². The molecule has 2 fully saturated rings. The van der Waals surface area contributed by atoms with E-state index in [1.165, 1.54) is 12.8 Å². The predicted molar refractivity (Wildman–Crippen MR) is 120 cm³/mol. The van der Waals surface area contributed by atoms with Gasteiger partial charge in [-0.3, -0.25) is 4.90 Å². The molecule has 1 aromatic carbocycles. The van der Waals surface area contributed by atoms with Crippen molar-refractivity contribution < 1.29 is 15.0 Å². The van der Waals surface area contributed by atoms with E-state index in [9.17, 15) is 15.0 Å². The van der Waals surface area contributed by atoms with E-state index in [0.717, 1.165) is 36.2 Å². The zero-order valence-corrected chi connectivity index (χ0v) is 18.7. The van der Waals surface area contributed by atoms with Gasteiger partial charge in [0.2, 0.25) is 0 Å². The SMILES string of the molecule is CCN(c1cc(C#CCN2CC(O)C2)cc(C(=O)O)c1C)C1CCC(N(C)C)CC1. The Morgan fingerprint density at radius 2 is 1.80 bits per heavy atom. The number of aromatic carboxylic acids is 1. The number of aliphatic hydroxyl groups is 1. The van der Waals surface area contributed by atoms with Crippen LogP contribution in [-0.4, -0.2) is 84.4 Å². The summed E-state index contributed by atoms with van der Waals surface area (Å²) in [5.74, 6) is 5.39. The van der Waals surface area contributed by atoms with Crippen molar-refractivity contribution in [3.63, 3.8) is 0 Å². The minimum absolute atomic E-state index is 0.239. The molecule has 6 nitrogen and oxygen atoms in total. The molecule has 0 amide bonds. The van der Waals surface area contributed by atoms with Gasteiger partial charge in [-0.15, -0.1) is 0 Å². The van der Waals surface area contributed by atoms with Gasteiger partial charge in [0, 0.05) is 43.0 Å². The van der Waals surface area contributed by atoms with Crippen molar-refractivity contribution in [1.82, 2.24) is 9.80 Å². The van der Waals surface area contributed by atoms with Gasteiger partial charge in [0.05, 0.1) is 18.2 Å². The van der Waals surface area contributed by atoms with Crippen LogP contribution in [0.2, 0.25) is 0 Å². The van der Waals surface area contributed by atoms with Crippen LogP contribution in [-0.2, 0) is 0 Å². The topological polar surface area (TPSA) is 67.2 Å². The number of nitrogens with zero attached hydrogens (tertiary/aromatic N) is 3. The molecule has 164 valence electrons. The minimum atomic E-state index is -0.907. The van der Waals surface area contributed by atoms with E-state index in [-0.39, 0.29) is 6.10 Å². The lowest BCUT2D eigenvalue weighted by molar-refractivity contribution is 0.0111. The average molecular weight is 414 g/mol. The summed E-state index contributed by atoms with van der Waals surface area (Å²) >= 11 is 0. The van der Waals surface area contributed by atoms with Crippen LogP contribution in [0.3, 0.4) is 0 Å². The van der Waals surface area contributed by atoms with Gasteiger partial charge in [0.25, 0.3) is 0 Å². The summed E-state index contributed by atoms with van der Waals surface area (Å²) in [5, 5.41) is 19.2. The van der Waals surface area contributed by atoms with Crippen molar-refractivity contribution in [2.45, 2.75) is 57.7 Å². The van der Waals surface area contributed by atoms with E-state index in [1.54, 1.807) is 6.07 Å². The Bertz CT molecular complexity index is 813. The van der Waals surface area contributed by atoms with Gasteiger partial charge in [-0.2, -0.15) is 0 Å². The molecule has 1 saturated carbocycles. The first kappa shape index (κ1) is 22.6. The lowest BCUT2D eigenvalue weighted by Gasteiger charge is -2.40. The maximum absolute atomic E-state index is 11.9. The van der Waals surface area contributed by atoms with Crippen molar-refractivity contribution in [1.29, 1.82) is 0 Å². The molecular weight excluding hydrogens is 378 g/mol. The van der Waals surface area contributed by atoms with Crippen molar-refractivity contribution in [2.75, 3.05) is 45.2 Å². The summed E-state index contributed by atoms with van der Waals surface area (Å²) in [7, 11) is 4.30. The third-order valence-corrected chi connectivity index (χ3v) is 6.57. The van der Waals surface area contributed by atoms with Crippen LogP contribution in [0.25, 0.3) is 0 Å². The maximum atomic E-state index is 11.9. The summed E-state index contributed by atoms with van der Waals surface area (Å²) in [4.78, 5) is 18.7. The molecule has 3 rings (SSSR count). The van der Waals surface area contributed by atoms with Crippen LogP contribution < -0.4 is 4.90 Å². The van der Waals surface area contributed by atoms with E-state index >= 15 is 0 Å². The first-order valence-corrected chi connectivity index (χ1v) is 11.0. The molecule has 1 saturated heterocycles. The number of hydrogen-bond donors (Lipinski definition) is 2. The van der Waals surface area contributed by atoms with Gasteiger partial charge in [-0.1, -0.05) is 11.8 Å². The second-order valence-electron chi connectivity index (χ2n) is 8.83. The predicted octanol–water partition coefficient (Wildman–Crippen LogP) is 2.42. The monoisotopic (exact) mass is 413 g/mol. The van der Waals surface area contributed by atoms with Crippen molar-refractivity contribution in [2.24, 2.45) is 0 Å². The molecule has 0 radical (unpaired) electrons. The number of likely N-dealkylation sites (tertiary alicyclic amines) is 1. The van der Waals surface area contributed by atoms with Crippen LogP contribution in [0, 0.1) is 18.8 Å². The highest BCUT2D eigenvalue weighted by molar-refractivity contribution is 5.92. The molecule has 1 aromatic rings. The van der Waals surface area contributed by atoms with E-state index in [4.69, 9.17) is 0 Å². The number of rotatable bonds is 6. The Morgan fingerprint density at radius 3 is 2.33 bits per heavy atom. The number of carboxylic acid groups (broad SMARTS) is 1. The first-order chi connectivity index (χ1) is 14.3. The number of carboxylic acids is 1. The molecule has 1 aliphatic heterocycles. The fourth-order valence-corrected chi connectivity index (χ4v) is 4.73. The van der Waals surface area contributed by atoms with Crippen LogP contribution >= 0.6 is 0 Å². The number of benzene rings is 1. The zero-order chi connectivity index (χ0) is 21.8. The smallest absolute Gasteiger partial charge is 0.336 e. The highest BCUT2D eigenvalue weighted by Crippen LogP contribution is 2.33. The summed E-state index contributed by atoms with van der Waals surface area (Å²) in [6.07, 6.45) is 4.33. The molecule has 0 aromatic heterocycles. The van der Waals surface area contributed by atoms with Crippen LogP contribution in [0.4, 0.5) is 5.69 Å². The first-order valence-electron chi connectivity index (χ1n) is 11.0. The standard InChI is InChI=1S/C24H35N3O3/c1-5-27(20-10-8-19(9-11-20)25(3)4)23-14-18(13-22(17(23)2)24(29)30)7-6-12-26-15-21(28)16-26/h13-14,19-21,28H,5,8-12,15-16H2,1-4H3,(H,29,30). The molecule has 0 unspecified atom stereocenters. The second-order valence-corrected chi connectivity index (χ2v) is 8.83. The molecular formula is C24H35N3O3. The Kier molecular flexibility index (Phi) is 7.41. The molecule has 0 spiro atoms. The molecule has 0 atom stereocenters. The Hall–Kier alpha value is -2.07. The van der Waals surface area contributed by atoms with Gasteiger partial charge in [0.15, 0.2) is 0 Å². The highest BCUT2D eigenvalue weighted by Gasteiger charge is 2.28. The summed E-state index contributed by atoms with van der Waals surface area (Å²) in [6, 6.07) is 4.81. The summed E-state index contributed by atoms with van der Waals surface area (Å²) in [5.41, 5.74) is 2.89. The largest absolute Gasteiger partial charge is 0.478 e. The fourth-order valence-electron chi connectivity index (χ4n) is 4.73. The summed E-state index contributed by atoms with van der Waals surface area (Å²) in [6.45, 7) is 6.81. The van der Waals surface area contributed by atoms with Crippen molar-refractivity contribution in [3.8, 4) is 11.8 Å². The number of aliphatic hydroxyl groups excluding tert-OH is 1. The Labute approximate surface area is 180 Å². The van der Waals surface area contributed by atoms with Crippen LogP contribution in [0.1, 0.15) is 54.1 Å². The minimum Gasteiger partial charge on any atom is -0.478 e. The summed E-state index contributed by atoms with van der Waals surface area (Å²) < 4.78 is 0. The van der Waals surface area contributed by atoms with Gasteiger partial charge < -0.3 is 20.0 Å². The van der Waals surface area contributed by atoms with Crippen LogP contribution in [0.15, 0.2) is 12.1 Å².